The first-order chi connectivity index (χ1) is 10.1. The lowest BCUT2D eigenvalue weighted by atomic mass is 10.1. The van der Waals surface area contributed by atoms with E-state index in [-0.39, 0.29) is 5.56 Å². The first-order valence-corrected chi connectivity index (χ1v) is 6.46. The van der Waals surface area contributed by atoms with Crippen molar-refractivity contribution in [1.29, 1.82) is 0 Å². The Morgan fingerprint density at radius 2 is 1.76 bits per heavy atom. The van der Waals surface area contributed by atoms with Crippen molar-refractivity contribution in [3.8, 4) is 0 Å². The second-order valence-electron chi connectivity index (χ2n) is 4.34. The van der Waals surface area contributed by atoms with Gasteiger partial charge in [-0.1, -0.05) is 25.1 Å². The van der Waals surface area contributed by atoms with Gasteiger partial charge in [0.05, 0.1) is 5.56 Å². The van der Waals surface area contributed by atoms with Gasteiger partial charge in [-0.3, -0.25) is 4.79 Å². The van der Waals surface area contributed by atoms with Crippen LogP contribution in [-0.2, 0) is 11.3 Å². The molecule has 4 nitrogen and oxygen atoms in total. The third kappa shape index (κ3) is 3.66. The normalized spacial score (nSPS) is 10.0. The van der Waals surface area contributed by atoms with Crippen LogP contribution in [0.5, 0.6) is 0 Å². The largest absolute Gasteiger partial charge is 0.363 e. The molecular weight excluding hydrogens is 273 g/mol. The highest BCUT2D eigenvalue weighted by atomic mass is 19.1. The molecule has 0 saturated carbocycles. The first kappa shape index (κ1) is 14.7. The molecule has 0 aliphatic rings. The van der Waals surface area contributed by atoms with E-state index >= 15 is 0 Å². The Hall–Kier alpha value is -2.69. The predicted molar refractivity (Wildman–Crippen MR) is 75.1 cm³/mol. The standard InChI is InChI=1S/C16H14FNO3/c1-2-11-5-3-4-6-14(11)16(20)21-18-15(19)12-7-9-13(17)10-8-12/h3-10H,2H2,1H3,(H,18,19). The van der Waals surface area contributed by atoms with Crippen molar-refractivity contribution < 1.29 is 18.8 Å². The minimum Gasteiger partial charge on any atom is -0.335 e. The molecule has 0 aromatic heterocycles. The van der Waals surface area contributed by atoms with Crippen LogP contribution in [0.3, 0.4) is 0 Å². The Kier molecular flexibility index (Phi) is 4.66. The zero-order chi connectivity index (χ0) is 15.2. The summed E-state index contributed by atoms with van der Waals surface area (Å²) in [5, 5.41) is 0. The Labute approximate surface area is 121 Å². The van der Waals surface area contributed by atoms with Gasteiger partial charge in [0.15, 0.2) is 0 Å². The van der Waals surface area contributed by atoms with E-state index in [1.807, 2.05) is 19.1 Å². The molecule has 1 N–H and O–H groups in total. The van der Waals surface area contributed by atoms with Crippen LogP contribution in [0.4, 0.5) is 4.39 Å². The molecule has 0 heterocycles. The van der Waals surface area contributed by atoms with Gasteiger partial charge in [0.25, 0.3) is 5.91 Å². The molecule has 2 aromatic carbocycles. The van der Waals surface area contributed by atoms with Gasteiger partial charge >= 0.3 is 5.97 Å². The molecule has 1 amide bonds. The molecule has 5 heteroatoms. The molecule has 0 fully saturated rings. The summed E-state index contributed by atoms with van der Waals surface area (Å²) in [6.07, 6.45) is 0.678. The molecule has 0 saturated heterocycles. The summed E-state index contributed by atoms with van der Waals surface area (Å²) in [6.45, 7) is 1.92. The van der Waals surface area contributed by atoms with Crippen LogP contribution in [0.15, 0.2) is 48.5 Å². The molecule has 2 rings (SSSR count). The van der Waals surface area contributed by atoms with Crippen LogP contribution in [0, 0.1) is 5.82 Å². The van der Waals surface area contributed by atoms with Crippen molar-refractivity contribution in [2.75, 3.05) is 0 Å². The zero-order valence-corrected chi connectivity index (χ0v) is 11.4. The molecule has 0 radical (unpaired) electrons. The van der Waals surface area contributed by atoms with Crippen molar-refractivity contribution >= 4 is 11.9 Å². The number of hydroxylamine groups is 1. The molecule has 0 bridgehead atoms. The predicted octanol–water partition coefficient (Wildman–Crippen LogP) is 2.89. The van der Waals surface area contributed by atoms with Gasteiger partial charge in [0.2, 0.25) is 0 Å². The summed E-state index contributed by atoms with van der Waals surface area (Å²) >= 11 is 0. The maximum atomic E-state index is 12.8. The molecule has 0 aliphatic heterocycles. The maximum Gasteiger partial charge on any atom is 0.363 e. The SMILES string of the molecule is CCc1ccccc1C(=O)ONC(=O)c1ccc(F)cc1. The number of benzene rings is 2. The van der Waals surface area contributed by atoms with Crippen molar-refractivity contribution in [2.45, 2.75) is 13.3 Å². The van der Waals surface area contributed by atoms with Crippen molar-refractivity contribution in [2.24, 2.45) is 0 Å². The Balaban J connectivity index is 2.01. The lowest BCUT2D eigenvalue weighted by Gasteiger charge is -2.08. The summed E-state index contributed by atoms with van der Waals surface area (Å²) in [6, 6.07) is 11.9. The smallest absolute Gasteiger partial charge is 0.335 e. The Bertz CT molecular complexity index is 653. The van der Waals surface area contributed by atoms with Gasteiger partial charge in [-0.25, -0.2) is 9.18 Å². The van der Waals surface area contributed by atoms with Gasteiger partial charge in [0, 0.05) is 5.56 Å². The monoisotopic (exact) mass is 287 g/mol. The van der Waals surface area contributed by atoms with E-state index in [2.05, 4.69) is 5.48 Å². The molecule has 2 aromatic rings. The van der Waals surface area contributed by atoms with Crippen LogP contribution >= 0.6 is 0 Å². The highest BCUT2D eigenvalue weighted by molar-refractivity contribution is 5.96. The fourth-order valence-electron chi connectivity index (χ4n) is 1.84. The van der Waals surface area contributed by atoms with Crippen LogP contribution in [0.1, 0.15) is 33.2 Å². The molecule has 0 aliphatic carbocycles. The number of halogens is 1. The van der Waals surface area contributed by atoms with E-state index < -0.39 is 17.7 Å². The maximum absolute atomic E-state index is 12.8. The molecule has 0 spiro atoms. The molecular formula is C16H14FNO3. The highest BCUT2D eigenvalue weighted by Gasteiger charge is 2.14. The van der Waals surface area contributed by atoms with Crippen LogP contribution < -0.4 is 5.48 Å². The van der Waals surface area contributed by atoms with Crippen LogP contribution in [0.2, 0.25) is 0 Å². The molecule has 0 unspecified atom stereocenters. The second kappa shape index (κ2) is 6.65. The molecule has 0 atom stereocenters. The number of nitrogens with one attached hydrogen (secondary N) is 1. The van der Waals surface area contributed by atoms with Crippen molar-refractivity contribution in [1.82, 2.24) is 5.48 Å². The van der Waals surface area contributed by atoms with Gasteiger partial charge < -0.3 is 4.84 Å². The lowest BCUT2D eigenvalue weighted by molar-refractivity contribution is 0.0229. The van der Waals surface area contributed by atoms with E-state index in [1.165, 1.54) is 12.1 Å². The van der Waals surface area contributed by atoms with E-state index in [9.17, 15) is 14.0 Å². The third-order valence-corrected chi connectivity index (χ3v) is 2.96. The Morgan fingerprint density at radius 1 is 1.10 bits per heavy atom. The van der Waals surface area contributed by atoms with Crippen LogP contribution in [-0.4, -0.2) is 11.9 Å². The number of rotatable bonds is 3. The molecule has 108 valence electrons. The van der Waals surface area contributed by atoms with E-state index in [4.69, 9.17) is 4.84 Å². The van der Waals surface area contributed by atoms with Gasteiger partial charge in [0.1, 0.15) is 5.82 Å². The van der Waals surface area contributed by atoms with E-state index in [0.717, 1.165) is 17.7 Å². The van der Waals surface area contributed by atoms with Gasteiger partial charge in [-0.2, -0.15) is 5.48 Å². The lowest BCUT2D eigenvalue weighted by Crippen LogP contribution is -2.27. The van der Waals surface area contributed by atoms with Crippen LogP contribution in [0.25, 0.3) is 0 Å². The minimum absolute atomic E-state index is 0.202. The fourth-order valence-corrected chi connectivity index (χ4v) is 1.84. The summed E-state index contributed by atoms with van der Waals surface area (Å²) in [7, 11) is 0. The second-order valence-corrected chi connectivity index (χ2v) is 4.34. The van der Waals surface area contributed by atoms with E-state index in [0.29, 0.717) is 12.0 Å². The minimum atomic E-state index is -0.636. The third-order valence-electron chi connectivity index (χ3n) is 2.96. The number of hydrogen-bond donors (Lipinski definition) is 1. The topological polar surface area (TPSA) is 55.4 Å². The summed E-state index contributed by atoms with van der Waals surface area (Å²) in [4.78, 5) is 28.4. The Morgan fingerprint density at radius 3 is 2.43 bits per heavy atom. The number of carbonyl (C=O) groups excluding carboxylic acids is 2. The number of carbonyl (C=O) groups is 2. The average molecular weight is 287 g/mol. The molecule has 21 heavy (non-hydrogen) atoms. The summed E-state index contributed by atoms with van der Waals surface area (Å²) in [5.41, 5.74) is 3.49. The first-order valence-electron chi connectivity index (χ1n) is 6.46. The van der Waals surface area contributed by atoms with Crippen molar-refractivity contribution in [3.63, 3.8) is 0 Å². The average Bonchev–Trinajstić information content (AvgIpc) is 2.52. The zero-order valence-electron chi connectivity index (χ0n) is 11.4. The number of amides is 1. The number of aryl methyl sites for hydroxylation is 1. The quantitative estimate of drug-likeness (QED) is 0.883. The highest BCUT2D eigenvalue weighted by Crippen LogP contribution is 2.10. The summed E-state index contributed by atoms with van der Waals surface area (Å²) in [5.74, 6) is -1.69. The summed E-state index contributed by atoms with van der Waals surface area (Å²) < 4.78 is 12.8. The number of hydrogen-bond acceptors (Lipinski definition) is 3. The van der Waals surface area contributed by atoms with E-state index in [1.54, 1.807) is 12.1 Å². The van der Waals surface area contributed by atoms with Gasteiger partial charge in [-0.15, -0.1) is 0 Å². The van der Waals surface area contributed by atoms with Gasteiger partial charge in [-0.05, 0) is 42.3 Å². The fraction of sp³-hybridized carbons (Fsp3) is 0.125. The van der Waals surface area contributed by atoms with Crippen molar-refractivity contribution in [3.05, 3.63) is 71.0 Å².